The molecule has 3 aromatic rings. The summed E-state index contributed by atoms with van der Waals surface area (Å²) in [6.07, 6.45) is 4.62. The topological polar surface area (TPSA) is 90.5 Å². The lowest BCUT2D eigenvalue weighted by Crippen LogP contribution is -2.35. The predicted molar refractivity (Wildman–Crippen MR) is 101 cm³/mol. The Labute approximate surface area is 158 Å². The van der Waals surface area contributed by atoms with Crippen LogP contribution in [0.3, 0.4) is 0 Å². The van der Waals surface area contributed by atoms with Gasteiger partial charge in [0.15, 0.2) is 6.04 Å². The van der Waals surface area contributed by atoms with Gasteiger partial charge in [0.25, 0.3) is 0 Å². The van der Waals surface area contributed by atoms with Crippen molar-refractivity contribution in [2.24, 2.45) is 0 Å². The van der Waals surface area contributed by atoms with Crippen molar-refractivity contribution < 1.29 is 4.79 Å². The van der Waals surface area contributed by atoms with E-state index in [2.05, 4.69) is 44.2 Å². The maximum Gasteiger partial charge on any atom is 0.249 e. The van der Waals surface area contributed by atoms with Gasteiger partial charge in [-0.3, -0.25) is 4.79 Å². The van der Waals surface area contributed by atoms with Crippen molar-refractivity contribution in [3.05, 3.63) is 59.9 Å². The van der Waals surface area contributed by atoms with Gasteiger partial charge in [0.1, 0.15) is 11.6 Å². The van der Waals surface area contributed by atoms with Crippen LogP contribution in [0, 0.1) is 6.92 Å². The number of aryl methyl sites for hydroxylation is 2. The number of benzene rings is 1. The van der Waals surface area contributed by atoms with E-state index < -0.39 is 6.04 Å². The van der Waals surface area contributed by atoms with Gasteiger partial charge >= 0.3 is 0 Å². The number of carbonyl (C=O) groups excluding carboxylic acids is 1. The maximum absolute atomic E-state index is 12.9. The number of amides is 1. The molecule has 1 unspecified atom stereocenters. The van der Waals surface area contributed by atoms with Gasteiger partial charge < -0.3 is 9.88 Å². The molecular weight excluding hydrogens is 342 g/mol. The van der Waals surface area contributed by atoms with Crippen LogP contribution < -0.4 is 5.32 Å². The minimum atomic E-state index is -0.583. The largest absolute Gasteiger partial charge is 0.354 e. The second-order valence-electron chi connectivity index (χ2n) is 6.76. The van der Waals surface area contributed by atoms with Gasteiger partial charge in [0.2, 0.25) is 5.91 Å². The molecule has 3 rings (SSSR count). The van der Waals surface area contributed by atoms with E-state index in [4.69, 9.17) is 0 Å². The van der Waals surface area contributed by atoms with E-state index in [-0.39, 0.29) is 5.91 Å². The molecule has 0 bridgehead atoms. The summed E-state index contributed by atoms with van der Waals surface area (Å²) in [5, 5.41) is 14.6. The van der Waals surface area contributed by atoms with E-state index >= 15 is 0 Å². The van der Waals surface area contributed by atoms with Gasteiger partial charge in [0, 0.05) is 31.4 Å². The molecule has 1 N–H and O–H groups in total. The first-order valence-corrected chi connectivity index (χ1v) is 9.16. The Morgan fingerprint density at radius 1 is 1.22 bits per heavy atom. The Balaban J connectivity index is 1.63. The van der Waals surface area contributed by atoms with E-state index in [0.717, 1.165) is 24.4 Å². The molecule has 0 radical (unpaired) electrons. The number of rotatable bonds is 8. The normalized spacial score (nSPS) is 12.3. The fraction of sp³-hybridized carbons (Fsp3) is 0.421. The number of hydrogen-bond donors (Lipinski definition) is 1. The van der Waals surface area contributed by atoms with E-state index in [0.29, 0.717) is 18.3 Å². The Hall–Kier alpha value is -3.03. The highest BCUT2D eigenvalue weighted by Gasteiger charge is 2.25. The van der Waals surface area contributed by atoms with Crippen molar-refractivity contribution in [2.75, 3.05) is 6.54 Å². The monoisotopic (exact) mass is 367 g/mol. The summed E-state index contributed by atoms with van der Waals surface area (Å²) in [7, 11) is 0. The van der Waals surface area contributed by atoms with Crippen LogP contribution >= 0.6 is 0 Å². The van der Waals surface area contributed by atoms with E-state index in [1.807, 2.05) is 42.7 Å². The van der Waals surface area contributed by atoms with Gasteiger partial charge in [-0.25, -0.2) is 9.67 Å². The number of tetrazole rings is 1. The number of aromatic nitrogens is 6. The third-order valence-corrected chi connectivity index (χ3v) is 4.40. The predicted octanol–water partition coefficient (Wildman–Crippen LogP) is 2.10. The van der Waals surface area contributed by atoms with Crippen molar-refractivity contribution in [3.8, 4) is 0 Å². The molecular formula is C19H25N7O. The third-order valence-electron chi connectivity index (χ3n) is 4.40. The van der Waals surface area contributed by atoms with Crippen LogP contribution in [-0.4, -0.2) is 42.2 Å². The molecule has 1 amide bonds. The molecule has 0 fully saturated rings. The first kappa shape index (κ1) is 18.8. The van der Waals surface area contributed by atoms with Gasteiger partial charge in [-0.1, -0.05) is 44.2 Å². The van der Waals surface area contributed by atoms with Crippen LogP contribution in [0.15, 0.2) is 42.7 Å². The Kier molecular flexibility index (Phi) is 5.95. The van der Waals surface area contributed by atoms with Crippen LogP contribution in [0.1, 0.15) is 49.4 Å². The fourth-order valence-electron chi connectivity index (χ4n) is 3.08. The van der Waals surface area contributed by atoms with Gasteiger partial charge in [-0.05, 0) is 29.3 Å². The minimum absolute atomic E-state index is 0.119. The quantitative estimate of drug-likeness (QED) is 0.616. The molecule has 0 saturated heterocycles. The summed E-state index contributed by atoms with van der Waals surface area (Å²) in [4.78, 5) is 17.3. The van der Waals surface area contributed by atoms with Crippen LogP contribution in [0.2, 0.25) is 0 Å². The highest BCUT2D eigenvalue weighted by Crippen LogP contribution is 2.18. The average Bonchev–Trinajstić information content (AvgIpc) is 3.29. The van der Waals surface area contributed by atoms with Crippen molar-refractivity contribution in [3.63, 3.8) is 0 Å². The number of carbonyl (C=O) groups is 1. The second kappa shape index (κ2) is 8.57. The zero-order valence-electron chi connectivity index (χ0n) is 15.9. The molecule has 0 aliphatic heterocycles. The highest BCUT2D eigenvalue weighted by molar-refractivity contribution is 5.83. The number of hydrogen-bond acceptors (Lipinski definition) is 5. The molecule has 8 nitrogen and oxygen atoms in total. The molecule has 27 heavy (non-hydrogen) atoms. The smallest absolute Gasteiger partial charge is 0.249 e. The Morgan fingerprint density at radius 3 is 2.67 bits per heavy atom. The fourth-order valence-corrected chi connectivity index (χ4v) is 3.08. The first-order valence-electron chi connectivity index (χ1n) is 9.16. The lowest BCUT2D eigenvalue weighted by atomic mass is 10.1. The zero-order chi connectivity index (χ0) is 19.2. The minimum Gasteiger partial charge on any atom is -0.354 e. The summed E-state index contributed by atoms with van der Waals surface area (Å²) in [5.41, 5.74) is 0.849. The van der Waals surface area contributed by atoms with Gasteiger partial charge in [-0.2, -0.15) is 0 Å². The molecule has 8 heteroatoms. The van der Waals surface area contributed by atoms with E-state index in [1.165, 1.54) is 0 Å². The summed E-state index contributed by atoms with van der Waals surface area (Å²) >= 11 is 0. The van der Waals surface area contributed by atoms with Crippen LogP contribution in [0.4, 0.5) is 0 Å². The highest BCUT2D eigenvalue weighted by atomic mass is 16.2. The van der Waals surface area contributed by atoms with Gasteiger partial charge in [0.05, 0.1) is 0 Å². The molecule has 2 heterocycles. The van der Waals surface area contributed by atoms with Crippen LogP contribution in [0.5, 0.6) is 0 Å². The standard InChI is InChI=1S/C19H25N7O/c1-14(2)18-20-11-13-25(18)12-7-10-21-19(27)17(16-8-5-4-6-9-16)26-15(3)22-23-24-26/h4-6,8-9,11,13-14,17H,7,10,12H2,1-3H3,(H,21,27). The average molecular weight is 367 g/mol. The number of imidazole rings is 1. The lowest BCUT2D eigenvalue weighted by molar-refractivity contribution is -0.123. The summed E-state index contributed by atoms with van der Waals surface area (Å²) in [6, 6.07) is 8.96. The molecule has 2 aromatic heterocycles. The molecule has 0 aliphatic rings. The summed E-state index contributed by atoms with van der Waals surface area (Å²) in [5.74, 6) is 1.91. The molecule has 0 spiro atoms. The van der Waals surface area contributed by atoms with E-state index in [9.17, 15) is 4.79 Å². The molecule has 1 atom stereocenters. The first-order chi connectivity index (χ1) is 13.1. The SMILES string of the molecule is Cc1nnnn1C(C(=O)NCCCn1ccnc1C(C)C)c1ccccc1. The van der Waals surface area contributed by atoms with Crippen LogP contribution in [-0.2, 0) is 11.3 Å². The third kappa shape index (κ3) is 4.39. The van der Waals surface area contributed by atoms with Crippen molar-refractivity contribution >= 4 is 5.91 Å². The lowest BCUT2D eigenvalue weighted by Gasteiger charge is -2.18. The van der Waals surface area contributed by atoms with Crippen molar-refractivity contribution in [2.45, 2.75) is 45.7 Å². The molecule has 0 aliphatic carbocycles. The number of nitrogens with zero attached hydrogens (tertiary/aromatic N) is 6. The van der Waals surface area contributed by atoms with Crippen LogP contribution in [0.25, 0.3) is 0 Å². The molecule has 142 valence electrons. The Bertz CT molecular complexity index is 869. The summed E-state index contributed by atoms with van der Waals surface area (Å²) < 4.78 is 3.69. The van der Waals surface area contributed by atoms with Crippen molar-refractivity contribution in [1.82, 2.24) is 35.1 Å². The summed E-state index contributed by atoms with van der Waals surface area (Å²) in [6.45, 7) is 7.42. The molecule has 1 aromatic carbocycles. The van der Waals surface area contributed by atoms with Gasteiger partial charge in [-0.15, -0.1) is 5.10 Å². The molecule has 0 saturated carbocycles. The number of nitrogens with one attached hydrogen (secondary N) is 1. The van der Waals surface area contributed by atoms with Crippen molar-refractivity contribution in [1.29, 1.82) is 0 Å². The second-order valence-corrected chi connectivity index (χ2v) is 6.76. The van der Waals surface area contributed by atoms with E-state index in [1.54, 1.807) is 11.6 Å². The Morgan fingerprint density at radius 2 is 2.00 bits per heavy atom. The maximum atomic E-state index is 12.9. The zero-order valence-corrected chi connectivity index (χ0v) is 15.9.